The average Bonchev–Trinajstić information content (AvgIpc) is 2.31. The second-order valence-corrected chi connectivity index (χ2v) is 3.23. The average molecular weight is 222 g/mol. The van der Waals surface area contributed by atoms with E-state index in [2.05, 4.69) is 21.7 Å². The van der Waals surface area contributed by atoms with E-state index in [-0.39, 0.29) is 0 Å². The van der Waals surface area contributed by atoms with Crippen molar-refractivity contribution in [3.63, 3.8) is 0 Å². The van der Waals surface area contributed by atoms with Gasteiger partial charge in [-0.25, -0.2) is 9.98 Å². The summed E-state index contributed by atoms with van der Waals surface area (Å²) in [4.78, 5) is 12.0. The van der Waals surface area contributed by atoms with E-state index in [9.17, 15) is 0 Å². The first kappa shape index (κ1) is 11.6. The Balaban J connectivity index is 2.95. The number of hydrogen-bond acceptors (Lipinski definition) is 2. The lowest BCUT2D eigenvalue weighted by atomic mass is 10.2. The lowest BCUT2D eigenvalue weighted by molar-refractivity contribution is 1.29. The zero-order valence-corrected chi connectivity index (χ0v) is 9.28. The van der Waals surface area contributed by atoms with E-state index in [1.54, 1.807) is 18.6 Å². The summed E-state index contributed by atoms with van der Waals surface area (Å²) in [7, 11) is 0. The number of hydrogen-bond donors (Lipinski definition) is 0. The van der Waals surface area contributed by atoms with Crippen molar-refractivity contribution in [2.45, 2.75) is 6.92 Å². The van der Waals surface area contributed by atoms with Crippen molar-refractivity contribution in [1.29, 1.82) is 0 Å². The van der Waals surface area contributed by atoms with E-state index in [4.69, 9.17) is 11.6 Å². The standard InChI is InChI=1S/C11H12ClN3/c1-9(6-12)7-15-11(13-2)10-4-3-5-14-8-10/h3-5,7-8H,2,6H2,1H3/b9-7+,15-11-. The van der Waals surface area contributed by atoms with Crippen LogP contribution >= 0.6 is 11.6 Å². The summed E-state index contributed by atoms with van der Waals surface area (Å²) < 4.78 is 0. The third-order valence-corrected chi connectivity index (χ3v) is 2.11. The molecule has 78 valence electrons. The fraction of sp³-hybridized carbons (Fsp3) is 0.182. The number of rotatable bonds is 3. The zero-order chi connectivity index (χ0) is 11.1. The molecule has 1 aromatic heterocycles. The maximum Gasteiger partial charge on any atom is 0.160 e. The Kier molecular flexibility index (Phi) is 4.71. The van der Waals surface area contributed by atoms with Crippen LogP contribution in [0.5, 0.6) is 0 Å². The Labute approximate surface area is 94.2 Å². The van der Waals surface area contributed by atoms with Crippen molar-refractivity contribution < 1.29 is 0 Å². The first-order chi connectivity index (χ1) is 7.27. The van der Waals surface area contributed by atoms with Crippen LogP contribution < -0.4 is 0 Å². The van der Waals surface area contributed by atoms with Crippen LogP contribution in [0.3, 0.4) is 0 Å². The predicted molar refractivity (Wildman–Crippen MR) is 64.8 cm³/mol. The highest BCUT2D eigenvalue weighted by molar-refractivity contribution is 6.19. The van der Waals surface area contributed by atoms with Crippen LogP contribution in [0, 0.1) is 0 Å². The molecule has 1 rings (SSSR count). The largest absolute Gasteiger partial charge is 0.264 e. The van der Waals surface area contributed by atoms with E-state index in [1.165, 1.54) is 0 Å². The second-order valence-electron chi connectivity index (χ2n) is 2.96. The Morgan fingerprint density at radius 1 is 1.67 bits per heavy atom. The van der Waals surface area contributed by atoms with Gasteiger partial charge in [-0.05, 0) is 31.3 Å². The van der Waals surface area contributed by atoms with Crippen molar-refractivity contribution in [2.24, 2.45) is 9.98 Å². The maximum atomic E-state index is 5.63. The van der Waals surface area contributed by atoms with Crippen LogP contribution in [0.1, 0.15) is 12.5 Å². The lowest BCUT2D eigenvalue weighted by Gasteiger charge is -1.97. The van der Waals surface area contributed by atoms with Crippen molar-refractivity contribution >= 4 is 24.2 Å². The molecule has 4 heteroatoms. The fourth-order valence-corrected chi connectivity index (χ4v) is 0.977. The third-order valence-electron chi connectivity index (χ3n) is 1.69. The summed E-state index contributed by atoms with van der Waals surface area (Å²) in [6.45, 7) is 5.37. The molecule has 3 nitrogen and oxygen atoms in total. The molecule has 1 heterocycles. The number of aliphatic imine (C=N–C) groups is 2. The minimum atomic E-state index is 0.459. The van der Waals surface area contributed by atoms with Crippen LogP contribution in [-0.2, 0) is 0 Å². The molecule has 1 aromatic rings. The Hall–Kier alpha value is -1.48. The van der Waals surface area contributed by atoms with Gasteiger partial charge in [0.15, 0.2) is 5.84 Å². The normalized spacial score (nSPS) is 12.7. The number of nitrogens with zero attached hydrogens (tertiary/aromatic N) is 3. The predicted octanol–water partition coefficient (Wildman–Crippen LogP) is 2.67. The number of pyridine rings is 1. The molecule has 0 spiro atoms. The van der Waals surface area contributed by atoms with Crippen molar-refractivity contribution in [1.82, 2.24) is 4.98 Å². The van der Waals surface area contributed by atoms with Crippen LogP contribution in [0.15, 0.2) is 46.3 Å². The summed E-state index contributed by atoms with van der Waals surface area (Å²) in [5.41, 5.74) is 1.81. The molecule has 15 heavy (non-hydrogen) atoms. The molecule has 0 amide bonds. The fourth-order valence-electron chi connectivity index (χ4n) is 0.908. The monoisotopic (exact) mass is 221 g/mol. The summed E-state index contributed by atoms with van der Waals surface area (Å²) in [5.74, 6) is 1.01. The van der Waals surface area contributed by atoms with Gasteiger partial charge in [0.1, 0.15) is 0 Å². The first-order valence-electron chi connectivity index (χ1n) is 4.44. The van der Waals surface area contributed by atoms with Crippen LogP contribution in [-0.4, -0.2) is 23.4 Å². The van der Waals surface area contributed by atoms with Crippen molar-refractivity contribution in [3.05, 3.63) is 41.9 Å². The highest BCUT2D eigenvalue weighted by Crippen LogP contribution is 2.02. The van der Waals surface area contributed by atoms with E-state index >= 15 is 0 Å². The molecule has 0 fully saturated rings. The summed E-state index contributed by atoms with van der Waals surface area (Å²) in [6.07, 6.45) is 5.07. The number of halogens is 1. The number of aromatic nitrogens is 1. The molecule has 0 unspecified atom stereocenters. The van der Waals surface area contributed by atoms with Gasteiger partial charge >= 0.3 is 0 Å². The molecule has 0 bridgehead atoms. The molecule has 0 aliphatic heterocycles. The van der Waals surface area contributed by atoms with Gasteiger partial charge in [0, 0.05) is 30.0 Å². The topological polar surface area (TPSA) is 37.6 Å². The van der Waals surface area contributed by atoms with E-state index in [0.717, 1.165) is 11.1 Å². The molecule has 0 atom stereocenters. The van der Waals surface area contributed by atoms with Crippen LogP contribution in [0.4, 0.5) is 0 Å². The summed E-state index contributed by atoms with van der Waals surface area (Å²) >= 11 is 5.63. The third kappa shape index (κ3) is 3.64. The van der Waals surface area contributed by atoms with Crippen LogP contribution in [0.2, 0.25) is 0 Å². The zero-order valence-electron chi connectivity index (χ0n) is 8.52. The summed E-state index contributed by atoms with van der Waals surface area (Å²) in [6, 6.07) is 3.71. The van der Waals surface area contributed by atoms with Gasteiger partial charge in [-0.2, -0.15) is 0 Å². The molecule has 0 radical (unpaired) electrons. The number of alkyl halides is 1. The minimum absolute atomic E-state index is 0.459. The van der Waals surface area contributed by atoms with Gasteiger partial charge in [-0.15, -0.1) is 11.6 Å². The van der Waals surface area contributed by atoms with Gasteiger partial charge < -0.3 is 0 Å². The van der Waals surface area contributed by atoms with Crippen LogP contribution in [0.25, 0.3) is 0 Å². The summed E-state index contributed by atoms with van der Waals surface area (Å²) in [5, 5.41) is 0. The van der Waals surface area contributed by atoms with Gasteiger partial charge in [0.2, 0.25) is 0 Å². The molecule has 0 saturated heterocycles. The van der Waals surface area contributed by atoms with Crippen molar-refractivity contribution in [2.75, 3.05) is 5.88 Å². The Morgan fingerprint density at radius 3 is 3.00 bits per heavy atom. The molecule has 0 aliphatic rings. The smallest absolute Gasteiger partial charge is 0.160 e. The number of amidine groups is 1. The molecule has 0 saturated carbocycles. The number of allylic oxidation sites excluding steroid dienone is 1. The Bertz CT molecular complexity index is 382. The molecule has 0 aromatic carbocycles. The van der Waals surface area contributed by atoms with Gasteiger partial charge in [-0.3, -0.25) is 4.98 Å². The quantitative estimate of drug-likeness (QED) is 0.439. The first-order valence-corrected chi connectivity index (χ1v) is 4.98. The lowest BCUT2D eigenvalue weighted by Crippen LogP contribution is -1.96. The van der Waals surface area contributed by atoms with Gasteiger partial charge in [0.05, 0.1) is 0 Å². The molecule has 0 N–H and O–H groups in total. The molecule has 0 aliphatic carbocycles. The minimum Gasteiger partial charge on any atom is -0.264 e. The van der Waals surface area contributed by atoms with E-state index in [1.807, 2.05) is 19.1 Å². The van der Waals surface area contributed by atoms with E-state index < -0.39 is 0 Å². The Morgan fingerprint density at radius 2 is 2.47 bits per heavy atom. The van der Waals surface area contributed by atoms with Gasteiger partial charge in [-0.1, -0.05) is 0 Å². The SMILES string of the molecule is C=N/C(=N\C=C(/C)CCl)c1cccnc1. The second kappa shape index (κ2) is 6.09. The molecular weight excluding hydrogens is 210 g/mol. The van der Waals surface area contributed by atoms with Gasteiger partial charge in [0.25, 0.3) is 0 Å². The van der Waals surface area contributed by atoms with E-state index in [0.29, 0.717) is 11.7 Å². The maximum absolute atomic E-state index is 5.63. The van der Waals surface area contributed by atoms with Crippen molar-refractivity contribution in [3.8, 4) is 0 Å². The highest BCUT2D eigenvalue weighted by atomic mass is 35.5. The molecular formula is C11H12ClN3. The highest BCUT2D eigenvalue weighted by Gasteiger charge is 1.98.